The minimum Gasteiger partial charge on any atom is -0.462 e. The summed E-state index contributed by atoms with van der Waals surface area (Å²) in [5, 5.41) is 9.89. The summed E-state index contributed by atoms with van der Waals surface area (Å²) in [4.78, 5) is 11.6. The Hall–Kier alpha value is -0.570. The van der Waals surface area contributed by atoms with Crippen LogP contribution in [0.25, 0.3) is 0 Å². The molecule has 1 heterocycles. The summed E-state index contributed by atoms with van der Waals surface area (Å²) in [7, 11) is 0. The normalized spacial score (nSPS) is 51.2. The molecule has 0 amide bonds. The lowest BCUT2D eigenvalue weighted by atomic mass is 9.64. The van der Waals surface area contributed by atoms with E-state index in [1.165, 1.54) is 0 Å². The molecule has 0 aromatic rings. The Kier molecular flexibility index (Phi) is 1.84. The summed E-state index contributed by atoms with van der Waals surface area (Å²) in [6.45, 7) is 0. The van der Waals surface area contributed by atoms with Crippen LogP contribution in [0.5, 0.6) is 0 Å². The van der Waals surface area contributed by atoms with Crippen LogP contribution in [0.2, 0.25) is 0 Å². The maximum absolute atomic E-state index is 11.6. The Bertz CT molecular complexity index is 263. The molecule has 3 rings (SSSR count). The smallest absolute Gasteiger partial charge is 0.309 e. The average molecular weight is 196 g/mol. The lowest BCUT2D eigenvalue weighted by Crippen LogP contribution is -2.43. The van der Waals surface area contributed by atoms with Gasteiger partial charge in [-0.25, -0.2) is 0 Å². The summed E-state index contributed by atoms with van der Waals surface area (Å²) in [6.07, 6.45) is 4.74. The van der Waals surface area contributed by atoms with Crippen LogP contribution in [0, 0.1) is 17.8 Å². The predicted octanol–water partition coefficient (Wildman–Crippen LogP) is 1.10. The zero-order valence-electron chi connectivity index (χ0n) is 8.19. The third kappa shape index (κ3) is 1.05. The molecule has 3 fully saturated rings. The minimum atomic E-state index is -0.187. The van der Waals surface area contributed by atoms with Crippen LogP contribution in [0.1, 0.15) is 32.1 Å². The first kappa shape index (κ1) is 8.72. The zero-order valence-corrected chi connectivity index (χ0v) is 8.19. The number of carbonyl (C=O) groups is 1. The third-order valence-corrected chi connectivity index (χ3v) is 4.25. The quantitative estimate of drug-likeness (QED) is 0.590. The average Bonchev–Trinajstić information content (AvgIpc) is 2.52. The molecule has 0 radical (unpaired) electrons. The SMILES string of the molecule is O=C1O[C@@H]2CCC(O)[C@H]3CCC[C@@H]1[C@@H]32. The van der Waals surface area contributed by atoms with Crippen molar-refractivity contribution < 1.29 is 14.6 Å². The zero-order chi connectivity index (χ0) is 9.71. The third-order valence-electron chi connectivity index (χ3n) is 4.25. The van der Waals surface area contributed by atoms with Gasteiger partial charge in [0.25, 0.3) is 0 Å². The largest absolute Gasteiger partial charge is 0.462 e. The van der Waals surface area contributed by atoms with Crippen molar-refractivity contribution in [1.29, 1.82) is 0 Å². The molecule has 3 heteroatoms. The van der Waals surface area contributed by atoms with Crippen LogP contribution in [0.15, 0.2) is 0 Å². The van der Waals surface area contributed by atoms with E-state index in [4.69, 9.17) is 4.74 Å². The highest BCUT2D eigenvalue weighted by molar-refractivity contribution is 5.75. The van der Waals surface area contributed by atoms with Gasteiger partial charge in [-0.15, -0.1) is 0 Å². The molecule has 0 aromatic carbocycles. The molecule has 1 N–H and O–H groups in total. The van der Waals surface area contributed by atoms with Crippen LogP contribution in [-0.4, -0.2) is 23.3 Å². The van der Waals surface area contributed by atoms with Gasteiger partial charge in [-0.2, -0.15) is 0 Å². The van der Waals surface area contributed by atoms with E-state index >= 15 is 0 Å². The van der Waals surface area contributed by atoms with Crippen LogP contribution in [0.4, 0.5) is 0 Å². The highest BCUT2D eigenvalue weighted by atomic mass is 16.6. The van der Waals surface area contributed by atoms with E-state index in [9.17, 15) is 9.90 Å². The second kappa shape index (κ2) is 2.96. The first-order valence-electron chi connectivity index (χ1n) is 5.66. The van der Waals surface area contributed by atoms with E-state index < -0.39 is 0 Å². The number of hydrogen-bond donors (Lipinski definition) is 1. The van der Waals surface area contributed by atoms with Gasteiger partial charge in [-0.1, -0.05) is 6.42 Å². The number of esters is 1. The summed E-state index contributed by atoms with van der Waals surface area (Å²) in [5.74, 6) is 0.770. The van der Waals surface area contributed by atoms with Crippen LogP contribution in [0.3, 0.4) is 0 Å². The molecular formula is C11H16O3. The molecule has 3 nitrogen and oxygen atoms in total. The summed E-state index contributed by atoms with van der Waals surface area (Å²) in [6, 6.07) is 0. The van der Waals surface area contributed by atoms with Gasteiger partial charge in [-0.3, -0.25) is 4.79 Å². The molecule has 0 aromatic heterocycles. The standard InChI is InChI=1S/C11H16O3/c12-8-4-5-9-10-6(8)2-1-3-7(10)11(13)14-9/h6-10,12H,1-5H2/t6-,7-,8?,9-,10-/m1/s1. The van der Waals surface area contributed by atoms with Crippen molar-refractivity contribution in [1.82, 2.24) is 0 Å². The lowest BCUT2D eigenvalue weighted by molar-refractivity contribution is -0.144. The molecule has 78 valence electrons. The van der Waals surface area contributed by atoms with Crippen molar-refractivity contribution in [2.24, 2.45) is 17.8 Å². The van der Waals surface area contributed by atoms with Gasteiger partial charge in [0, 0.05) is 5.92 Å². The van der Waals surface area contributed by atoms with Crippen molar-refractivity contribution >= 4 is 5.97 Å². The number of rotatable bonds is 0. The molecule has 5 atom stereocenters. The van der Waals surface area contributed by atoms with Gasteiger partial charge in [0.05, 0.1) is 12.0 Å². The number of aliphatic hydroxyl groups excluding tert-OH is 1. The van der Waals surface area contributed by atoms with E-state index in [1.807, 2.05) is 0 Å². The molecule has 1 unspecified atom stereocenters. The summed E-state index contributed by atoms with van der Waals surface area (Å²) >= 11 is 0. The minimum absolute atomic E-state index is 0.00111. The molecule has 3 aliphatic rings. The maximum atomic E-state index is 11.6. The van der Waals surface area contributed by atoms with Crippen molar-refractivity contribution in [2.75, 3.05) is 0 Å². The Morgan fingerprint density at radius 1 is 1.21 bits per heavy atom. The van der Waals surface area contributed by atoms with Crippen LogP contribution >= 0.6 is 0 Å². The molecular weight excluding hydrogens is 180 g/mol. The first-order chi connectivity index (χ1) is 6.77. The molecule has 1 aliphatic heterocycles. The van der Waals surface area contributed by atoms with Crippen LogP contribution in [-0.2, 0) is 9.53 Å². The highest BCUT2D eigenvalue weighted by Gasteiger charge is 2.53. The van der Waals surface area contributed by atoms with Gasteiger partial charge in [0.15, 0.2) is 0 Å². The second-order valence-corrected chi connectivity index (χ2v) is 4.90. The maximum Gasteiger partial charge on any atom is 0.309 e. The summed E-state index contributed by atoms with van der Waals surface area (Å²) < 4.78 is 5.38. The fraction of sp³-hybridized carbons (Fsp3) is 0.909. The van der Waals surface area contributed by atoms with E-state index in [0.717, 1.165) is 32.1 Å². The number of aliphatic hydroxyl groups is 1. The van der Waals surface area contributed by atoms with E-state index in [1.54, 1.807) is 0 Å². The highest BCUT2D eigenvalue weighted by Crippen LogP contribution is 2.49. The fourth-order valence-corrected chi connectivity index (χ4v) is 3.63. The van der Waals surface area contributed by atoms with Crippen molar-refractivity contribution in [3.63, 3.8) is 0 Å². The van der Waals surface area contributed by atoms with Crippen molar-refractivity contribution in [3.05, 3.63) is 0 Å². The van der Waals surface area contributed by atoms with E-state index in [2.05, 4.69) is 0 Å². The molecule has 2 aliphatic carbocycles. The van der Waals surface area contributed by atoms with E-state index in [0.29, 0.717) is 11.8 Å². The summed E-state index contributed by atoms with van der Waals surface area (Å²) in [5.41, 5.74) is 0. The number of hydrogen-bond acceptors (Lipinski definition) is 3. The Labute approximate surface area is 83.4 Å². The van der Waals surface area contributed by atoms with Gasteiger partial charge in [-0.05, 0) is 31.6 Å². The van der Waals surface area contributed by atoms with E-state index in [-0.39, 0.29) is 24.1 Å². The van der Waals surface area contributed by atoms with Crippen molar-refractivity contribution in [3.8, 4) is 0 Å². The van der Waals surface area contributed by atoms with Crippen LogP contribution < -0.4 is 0 Å². The first-order valence-corrected chi connectivity index (χ1v) is 5.66. The molecule has 1 saturated heterocycles. The monoisotopic (exact) mass is 196 g/mol. The molecule has 0 spiro atoms. The Morgan fingerprint density at radius 2 is 2.07 bits per heavy atom. The number of ether oxygens (including phenoxy) is 1. The molecule has 14 heavy (non-hydrogen) atoms. The lowest BCUT2D eigenvalue weighted by Gasteiger charge is -2.40. The van der Waals surface area contributed by atoms with Gasteiger partial charge >= 0.3 is 5.97 Å². The predicted molar refractivity (Wildman–Crippen MR) is 49.4 cm³/mol. The molecule has 2 saturated carbocycles. The molecule has 0 bridgehead atoms. The van der Waals surface area contributed by atoms with Gasteiger partial charge in [0.1, 0.15) is 6.10 Å². The Balaban J connectivity index is 1.91. The van der Waals surface area contributed by atoms with Gasteiger partial charge < -0.3 is 9.84 Å². The second-order valence-electron chi connectivity index (χ2n) is 4.90. The van der Waals surface area contributed by atoms with Gasteiger partial charge in [0.2, 0.25) is 0 Å². The van der Waals surface area contributed by atoms with Crippen molar-refractivity contribution in [2.45, 2.75) is 44.3 Å². The fourth-order valence-electron chi connectivity index (χ4n) is 3.63. The topological polar surface area (TPSA) is 46.5 Å². The number of carbonyl (C=O) groups excluding carboxylic acids is 1. The Morgan fingerprint density at radius 3 is 2.93 bits per heavy atom.